The number of para-hydroxylation sites is 1. The van der Waals surface area contributed by atoms with Gasteiger partial charge in [0.2, 0.25) is 0 Å². The van der Waals surface area contributed by atoms with Crippen LogP contribution in [-0.2, 0) is 10.2 Å². The lowest BCUT2D eigenvalue weighted by Crippen LogP contribution is -2.26. The number of rotatable bonds is 2. The zero-order valence-corrected chi connectivity index (χ0v) is 15.1. The molecule has 24 heavy (non-hydrogen) atoms. The van der Waals surface area contributed by atoms with Gasteiger partial charge in [0.25, 0.3) is 0 Å². The summed E-state index contributed by atoms with van der Waals surface area (Å²) in [7, 11) is 3.85. The Morgan fingerprint density at radius 2 is 1.96 bits per heavy atom. The van der Waals surface area contributed by atoms with Crippen LogP contribution < -0.4 is 4.90 Å². The first-order valence-corrected chi connectivity index (χ1v) is 8.42. The van der Waals surface area contributed by atoms with E-state index in [1.54, 1.807) is 0 Å². The molecule has 1 aromatic rings. The molecule has 4 nitrogen and oxygen atoms in total. The highest BCUT2D eigenvalue weighted by molar-refractivity contribution is 6.26. The summed E-state index contributed by atoms with van der Waals surface area (Å²) in [6.45, 7) is 7.79. The lowest BCUT2D eigenvalue weighted by molar-refractivity contribution is -0.113. The maximum atomic E-state index is 12.2. The minimum absolute atomic E-state index is 0.0826. The van der Waals surface area contributed by atoms with Crippen molar-refractivity contribution in [1.29, 1.82) is 0 Å². The fraction of sp³-hybridized carbons (Fsp3) is 0.400. The van der Waals surface area contributed by atoms with Crippen molar-refractivity contribution in [2.24, 2.45) is 4.99 Å². The minimum Gasteiger partial charge on any atom is -0.362 e. The van der Waals surface area contributed by atoms with Crippen LogP contribution in [0.3, 0.4) is 0 Å². The topological polar surface area (TPSA) is 35.9 Å². The van der Waals surface area contributed by atoms with Gasteiger partial charge in [0.05, 0.1) is 5.57 Å². The van der Waals surface area contributed by atoms with Gasteiger partial charge in [-0.15, -0.1) is 0 Å². The lowest BCUT2D eigenvalue weighted by Gasteiger charge is -2.26. The molecular weight excluding hydrogens is 298 g/mol. The Balaban J connectivity index is 2.06. The van der Waals surface area contributed by atoms with Gasteiger partial charge in [-0.1, -0.05) is 32.0 Å². The van der Waals surface area contributed by atoms with Crippen LogP contribution in [-0.4, -0.2) is 43.7 Å². The maximum absolute atomic E-state index is 12.2. The van der Waals surface area contributed by atoms with Crippen LogP contribution in [0.15, 0.2) is 52.7 Å². The molecule has 0 radical (unpaired) electrons. The SMILES string of the molecule is CCN1/C(=C\C=C2C(=O)CN=C2N(C)C)C(C)(C)c2ccccc21. The largest absolute Gasteiger partial charge is 0.362 e. The van der Waals surface area contributed by atoms with E-state index in [0.29, 0.717) is 5.57 Å². The van der Waals surface area contributed by atoms with Crippen molar-refractivity contribution < 1.29 is 4.79 Å². The zero-order chi connectivity index (χ0) is 17.5. The molecule has 0 amide bonds. The van der Waals surface area contributed by atoms with Gasteiger partial charge in [0, 0.05) is 37.4 Å². The summed E-state index contributed by atoms with van der Waals surface area (Å²) < 4.78 is 0. The van der Waals surface area contributed by atoms with Crippen LogP contribution in [0.4, 0.5) is 5.69 Å². The molecule has 0 aromatic heterocycles. The van der Waals surface area contributed by atoms with E-state index in [0.717, 1.165) is 12.4 Å². The number of carbonyl (C=O) groups is 1. The van der Waals surface area contributed by atoms with Crippen molar-refractivity contribution in [2.45, 2.75) is 26.2 Å². The predicted molar refractivity (Wildman–Crippen MR) is 99.7 cm³/mol. The molecule has 2 heterocycles. The summed E-state index contributed by atoms with van der Waals surface area (Å²) in [5.74, 6) is 0.861. The van der Waals surface area contributed by atoms with E-state index in [1.807, 2.05) is 25.1 Å². The highest BCUT2D eigenvalue weighted by Crippen LogP contribution is 2.47. The molecule has 126 valence electrons. The van der Waals surface area contributed by atoms with Crippen molar-refractivity contribution in [2.75, 3.05) is 32.1 Å². The predicted octanol–water partition coefficient (Wildman–Crippen LogP) is 3.16. The molecule has 0 atom stereocenters. The van der Waals surface area contributed by atoms with E-state index in [4.69, 9.17) is 0 Å². The van der Waals surface area contributed by atoms with E-state index in [1.165, 1.54) is 16.9 Å². The van der Waals surface area contributed by atoms with Crippen LogP contribution >= 0.6 is 0 Å². The Labute approximate surface area is 144 Å². The highest BCUT2D eigenvalue weighted by atomic mass is 16.1. The van der Waals surface area contributed by atoms with Crippen molar-refractivity contribution in [3.8, 4) is 0 Å². The first-order valence-electron chi connectivity index (χ1n) is 8.42. The average molecular weight is 323 g/mol. The molecule has 0 aliphatic carbocycles. The first kappa shape index (κ1) is 16.5. The second-order valence-electron chi connectivity index (χ2n) is 6.98. The number of aliphatic imine (C=N–C) groups is 1. The summed E-state index contributed by atoms with van der Waals surface area (Å²) in [6, 6.07) is 8.53. The highest BCUT2D eigenvalue weighted by Gasteiger charge is 2.39. The number of fused-ring (bicyclic) bond motifs is 1. The number of ketones is 1. The average Bonchev–Trinajstić information content (AvgIpc) is 3.01. The second-order valence-corrected chi connectivity index (χ2v) is 6.98. The fourth-order valence-electron chi connectivity index (χ4n) is 3.64. The number of likely N-dealkylation sites (N-methyl/N-ethyl adjacent to an activating group) is 2. The number of benzene rings is 1. The standard InChI is InChI=1S/C20H25N3O/c1-6-23-16-10-8-7-9-15(16)20(2,3)18(23)12-11-14-17(24)13-21-19(14)22(4)5/h7-12H,6,13H2,1-5H3/b14-11?,18-12-. The number of carbonyl (C=O) groups excluding carboxylic acids is 1. The number of nitrogens with zero attached hydrogens (tertiary/aromatic N) is 3. The molecule has 0 unspecified atom stereocenters. The number of allylic oxidation sites excluding steroid dienone is 3. The molecule has 4 heteroatoms. The molecule has 3 rings (SSSR count). The van der Waals surface area contributed by atoms with Gasteiger partial charge in [-0.2, -0.15) is 0 Å². The first-order chi connectivity index (χ1) is 11.4. The Bertz CT molecular complexity index is 769. The molecule has 0 spiro atoms. The minimum atomic E-state index is -0.0826. The summed E-state index contributed by atoms with van der Waals surface area (Å²) in [6.07, 6.45) is 4.04. The summed E-state index contributed by atoms with van der Waals surface area (Å²) in [5.41, 5.74) is 4.43. The van der Waals surface area contributed by atoms with Crippen LogP contribution in [0.2, 0.25) is 0 Å². The van der Waals surface area contributed by atoms with E-state index in [2.05, 4.69) is 61.0 Å². The van der Waals surface area contributed by atoms with Crippen molar-refractivity contribution >= 4 is 17.3 Å². The van der Waals surface area contributed by atoms with Crippen LogP contribution in [0.1, 0.15) is 26.3 Å². The number of amidine groups is 1. The molecule has 0 saturated carbocycles. The number of anilines is 1. The van der Waals surface area contributed by atoms with Gasteiger partial charge in [-0.05, 0) is 30.7 Å². The van der Waals surface area contributed by atoms with Gasteiger partial charge in [0.1, 0.15) is 12.4 Å². The zero-order valence-electron chi connectivity index (χ0n) is 15.1. The Hall–Kier alpha value is -2.36. The van der Waals surface area contributed by atoms with Crippen molar-refractivity contribution in [3.63, 3.8) is 0 Å². The maximum Gasteiger partial charge on any atom is 0.187 e. The molecule has 2 aliphatic heterocycles. The quantitative estimate of drug-likeness (QED) is 0.784. The summed E-state index contributed by atoms with van der Waals surface area (Å²) in [4.78, 5) is 20.7. The fourth-order valence-corrected chi connectivity index (χ4v) is 3.64. The molecular formula is C20H25N3O. The third kappa shape index (κ3) is 2.46. The Morgan fingerprint density at radius 1 is 1.25 bits per heavy atom. The van der Waals surface area contributed by atoms with E-state index in [9.17, 15) is 4.79 Å². The van der Waals surface area contributed by atoms with Gasteiger partial charge >= 0.3 is 0 Å². The van der Waals surface area contributed by atoms with E-state index >= 15 is 0 Å². The molecule has 0 fully saturated rings. The van der Waals surface area contributed by atoms with E-state index < -0.39 is 0 Å². The molecule has 0 bridgehead atoms. The van der Waals surface area contributed by atoms with Crippen LogP contribution in [0.5, 0.6) is 0 Å². The van der Waals surface area contributed by atoms with Crippen molar-refractivity contribution in [1.82, 2.24) is 4.90 Å². The molecule has 0 N–H and O–H groups in total. The van der Waals surface area contributed by atoms with Crippen LogP contribution in [0, 0.1) is 0 Å². The number of Topliss-reactive ketones (excluding diaryl/α,β-unsaturated/α-hetero) is 1. The van der Waals surface area contributed by atoms with Gasteiger partial charge in [-0.25, -0.2) is 0 Å². The van der Waals surface area contributed by atoms with Gasteiger partial charge in [0.15, 0.2) is 5.78 Å². The lowest BCUT2D eigenvalue weighted by atomic mass is 9.83. The van der Waals surface area contributed by atoms with Gasteiger partial charge < -0.3 is 9.80 Å². The normalized spacial score (nSPS) is 22.3. The number of hydrogen-bond donors (Lipinski definition) is 0. The van der Waals surface area contributed by atoms with E-state index in [-0.39, 0.29) is 17.7 Å². The van der Waals surface area contributed by atoms with Crippen LogP contribution in [0.25, 0.3) is 0 Å². The van der Waals surface area contributed by atoms with Gasteiger partial charge in [-0.3, -0.25) is 9.79 Å². The smallest absolute Gasteiger partial charge is 0.187 e. The third-order valence-corrected chi connectivity index (χ3v) is 4.86. The summed E-state index contributed by atoms with van der Waals surface area (Å²) >= 11 is 0. The Kier molecular flexibility index (Phi) is 4.08. The third-order valence-electron chi connectivity index (χ3n) is 4.86. The van der Waals surface area contributed by atoms with Crippen molar-refractivity contribution in [3.05, 3.63) is 53.3 Å². The second kappa shape index (κ2) is 5.93. The molecule has 2 aliphatic rings. The number of hydrogen-bond acceptors (Lipinski definition) is 4. The molecule has 1 aromatic carbocycles. The monoisotopic (exact) mass is 323 g/mol. The summed E-state index contributed by atoms with van der Waals surface area (Å²) in [5, 5.41) is 0. The molecule has 0 saturated heterocycles. The Morgan fingerprint density at radius 3 is 2.62 bits per heavy atom.